The molecule has 102 valence electrons. The SMILES string of the molecule is C#CC(NCC)c1cccc(OCc2ccccc2)c1. The van der Waals surface area contributed by atoms with Crippen molar-refractivity contribution in [3.8, 4) is 18.1 Å². The summed E-state index contributed by atoms with van der Waals surface area (Å²) in [6, 6.07) is 18.0. The van der Waals surface area contributed by atoms with Crippen molar-refractivity contribution in [3.05, 3.63) is 65.7 Å². The lowest BCUT2D eigenvalue weighted by atomic mass is 10.1. The summed E-state index contributed by atoms with van der Waals surface area (Å²) in [4.78, 5) is 0. The Hall–Kier alpha value is -2.24. The van der Waals surface area contributed by atoms with E-state index < -0.39 is 0 Å². The van der Waals surface area contributed by atoms with Crippen molar-refractivity contribution in [1.82, 2.24) is 5.32 Å². The zero-order chi connectivity index (χ0) is 14.2. The van der Waals surface area contributed by atoms with Crippen molar-refractivity contribution in [3.63, 3.8) is 0 Å². The van der Waals surface area contributed by atoms with Crippen LogP contribution in [0.25, 0.3) is 0 Å². The van der Waals surface area contributed by atoms with Crippen molar-refractivity contribution in [2.24, 2.45) is 0 Å². The molecule has 2 nitrogen and oxygen atoms in total. The van der Waals surface area contributed by atoms with Gasteiger partial charge in [0.1, 0.15) is 12.4 Å². The van der Waals surface area contributed by atoms with Crippen LogP contribution in [-0.2, 0) is 6.61 Å². The molecule has 0 aliphatic carbocycles. The summed E-state index contributed by atoms with van der Waals surface area (Å²) in [5.41, 5.74) is 2.21. The summed E-state index contributed by atoms with van der Waals surface area (Å²) in [6.07, 6.45) is 5.55. The highest BCUT2D eigenvalue weighted by atomic mass is 16.5. The smallest absolute Gasteiger partial charge is 0.120 e. The molecule has 0 spiro atoms. The van der Waals surface area contributed by atoms with Gasteiger partial charge in [0.15, 0.2) is 0 Å². The second-order valence-electron chi connectivity index (χ2n) is 4.50. The first kappa shape index (κ1) is 14.2. The van der Waals surface area contributed by atoms with Gasteiger partial charge in [-0.1, -0.05) is 55.3 Å². The third-order valence-corrected chi connectivity index (χ3v) is 3.01. The van der Waals surface area contributed by atoms with E-state index in [0.29, 0.717) is 6.61 Å². The molecule has 0 heterocycles. The van der Waals surface area contributed by atoms with Crippen molar-refractivity contribution in [2.75, 3.05) is 6.54 Å². The van der Waals surface area contributed by atoms with Gasteiger partial charge < -0.3 is 10.1 Å². The van der Waals surface area contributed by atoms with Crippen molar-refractivity contribution >= 4 is 0 Å². The molecule has 0 bridgehead atoms. The third-order valence-electron chi connectivity index (χ3n) is 3.01. The molecule has 2 heteroatoms. The number of rotatable bonds is 6. The van der Waals surface area contributed by atoms with Gasteiger partial charge in [0.2, 0.25) is 0 Å². The number of ether oxygens (including phenoxy) is 1. The second-order valence-corrected chi connectivity index (χ2v) is 4.50. The predicted molar refractivity (Wildman–Crippen MR) is 82.5 cm³/mol. The van der Waals surface area contributed by atoms with Crippen molar-refractivity contribution < 1.29 is 4.74 Å². The van der Waals surface area contributed by atoms with Gasteiger partial charge in [0.05, 0.1) is 6.04 Å². The maximum absolute atomic E-state index is 5.81. The van der Waals surface area contributed by atoms with Crippen molar-refractivity contribution in [2.45, 2.75) is 19.6 Å². The minimum Gasteiger partial charge on any atom is -0.489 e. The van der Waals surface area contributed by atoms with E-state index in [1.165, 1.54) is 0 Å². The molecule has 2 aromatic rings. The summed E-state index contributed by atoms with van der Waals surface area (Å²) in [6.45, 7) is 3.44. The number of nitrogens with one attached hydrogen (secondary N) is 1. The summed E-state index contributed by atoms with van der Waals surface area (Å²) >= 11 is 0. The topological polar surface area (TPSA) is 21.3 Å². The molecular formula is C18H19NO. The molecule has 2 aromatic carbocycles. The first-order chi connectivity index (χ1) is 9.83. The quantitative estimate of drug-likeness (QED) is 0.806. The predicted octanol–water partition coefficient (Wildman–Crippen LogP) is 3.55. The van der Waals surface area contributed by atoms with E-state index in [1.54, 1.807) is 0 Å². The molecule has 2 rings (SSSR count). The Balaban J connectivity index is 2.04. The molecule has 0 aliphatic heterocycles. The Morgan fingerprint density at radius 1 is 1.15 bits per heavy atom. The second kappa shape index (κ2) is 7.37. The van der Waals surface area contributed by atoms with Crippen molar-refractivity contribution in [1.29, 1.82) is 0 Å². The number of hydrogen-bond acceptors (Lipinski definition) is 2. The maximum Gasteiger partial charge on any atom is 0.120 e. The third kappa shape index (κ3) is 3.88. The maximum atomic E-state index is 5.81. The van der Waals surface area contributed by atoms with Crippen LogP contribution in [0.5, 0.6) is 5.75 Å². The van der Waals surface area contributed by atoms with Crippen LogP contribution in [-0.4, -0.2) is 6.54 Å². The van der Waals surface area contributed by atoms with Crippen LogP contribution in [0.4, 0.5) is 0 Å². The number of hydrogen-bond donors (Lipinski definition) is 1. The van der Waals surface area contributed by atoms with Crippen LogP contribution in [0.2, 0.25) is 0 Å². The van der Waals surface area contributed by atoms with Crippen LogP contribution < -0.4 is 10.1 Å². The van der Waals surface area contributed by atoms with E-state index >= 15 is 0 Å². The molecular weight excluding hydrogens is 246 g/mol. The minimum absolute atomic E-state index is 0.0692. The van der Waals surface area contributed by atoms with Gasteiger partial charge in [-0.15, -0.1) is 6.42 Å². The van der Waals surface area contributed by atoms with Gasteiger partial charge in [0, 0.05) is 0 Å². The average molecular weight is 265 g/mol. The minimum atomic E-state index is -0.0692. The van der Waals surface area contributed by atoms with E-state index in [1.807, 2.05) is 61.5 Å². The van der Waals surface area contributed by atoms with Gasteiger partial charge in [-0.2, -0.15) is 0 Å². The average Bonchev–Trinajstić information content (AvgIpc) is 2.52. The van der Waals surface area contributed by atoms with E-state index in [0.717, 1.165) is 23.4 Å². The van der Waals surface area contributed by atoms with Gasteiger partial charge in [-0.3, -0.25) is 0 Å². The van der Waals surface area contributed by atoms with Crippen LogP contribution in [0.3, 0.4) is 0 Å². The van der Waals surface area contributed by atoms with Crippen LogP contribution in [0, 0.1) is 12.3 Å². The molecule has 0 amide bonds. The first-order valence-electron chi connectivity index (χ1n) is 6.79. The van der Waals surface area contributed by atoms with Crippen LogP contribution in [0.15, 0.2) is 54.6 Å². The van der Waals surface area contributed by atoms with Crippen LogP contribution >= 0.6 is 0 Å². The molecule has 1 N–H and O–H groups in total. The number of terminal acetylenes is 1. The lowest BCUT2D eigenvalue weighted by Crippen LogP contribution is -2.19. The van der Waals surface area contributed by atoms with E-state index in [4.69, 9.17) is 11.2 Å². The van der Waals surface area contributed by atoms with E-state index in [9.17, 15) is 0 Å². The molecule has 0 radical (unpaired) electrons. The largest absolute Gasteiger partial charge is 0.489 e. The molecule has 20 heavy (non-hydrogen) atoms. The molecule has 1 atom stereocenters. The van der Waals surface area contributed by atoms with Gasteiger partial charge >= 0.3 is 0 Å². The highest BCUT2D eigenvalue weighted by Crippen LogP contribution is 2.20. The molecule has 0 saturated heterocycles. The Kier molecular flexibility index (Phi) is 5.23. The van der Waals surface area contributed by atoms with Gasteiger partial charge in [0.25, 0.3) is 0 Å². The molecule has 1 unspecified atom stereocenters. The number of benzene rings is 2. The standard InChI is InChI=1S/C18H19NO/c1-3-18(19-4-2)16-11-8-12-17(13-16)20-14-15-9-6-5-7-10-15/h1,5-13,18-19H,4,14H2,2H3. The Morgan fingerprint density at radius 3 is 2.65 bits per heavy atom. The first-order valence-corrected chi connectivity index (χ1v) is 6.79. The monoisotopic (exact) mass is 265 g/mol. The van der Waals surface area contributed by atoms with Gasteiger partial charge in [-0.05, 0) is 29.8 Å². The summed E-state index contributed by atoms with van der Waals surface area (Å²) in [5, 5.41) is 3.26. The van der Waals surface area contributed by atoms with E-state index in [2.05, 4.69) is 11.2 Å². The molecule has 0 fully saturated rings. The Morgan fingerprint density at radius 2 is 1.95 bits per heavy atom. The van der Waals surface area contributed by atoms with E-state index in [-0.39, 0.29) is 6.04 Å². The highest BCUT2D eigenvalue weighted by Gasteiger charge is 2.07. The van der Waals surface area contributed by atoms with Gasteiger partial charge in [-0.25, -0.2) is 0 Å². The summed E-state index contributed by atoms with van der Waals surface area (Å²) in [5.74, 6) is 3.59. The molecule has 0 saturated carbocycles. The molecule has 0 aromatic heterocycles. The fourth-order valence-corrected chi connectivity index (χ4v) is 2.00. The Labute approximate surface area is 120 Å². The normalized spacial score (nSPS) is 11.6. The Bertz CT molecular complexity index is 571. The van der Waals surface area contributed by atoms with Crippen LogP contribution in [0.1, 0.15) is 24.1 Å². The fraction of sp³-hybridized carbons (Fsp3) is 0.222. The lowest BCUT2D eigenvalue weighted by Gasteiger charge is -2.13. The lowest BCUT2D eigenvalue weighted by molar-refractivity contribution is 0.306. The zero-order valence-corrected chi connectivity index (χ0v) is 11.7. The fourth-order valence-electron chi connectivity index (χ4n) is 2.00. The summed E-state index contributed by atoms with van der Waals surface area (Å²) < 4.78 is 5.81. The highest BCUT2D eigenvalue weighted by molar-refractivity contribution is 5.34. The molecule has 0 aliphatic rings. The zero-order valence-electron chi connectivity index (χ0n) is 11.7. The summed E-state index contributed by atoms with van der Waals surface area (Å²) in [7, 11) is 0.